The van der Waals surface area contributed by atoms with Gasteiger partial charge in [0.2, 0.25) is 0 Å². The Morgan fingerprint density at radius 2 is 1.80 bits per heavy atom. The molecule has 0 heterocycles. The molecule has 1 unspecified atom stereocenters. The van der Waals surface area contributed by atoms with Crippen LogP contribution in [0.1, 0.15) is 20.3 Å². The Balaban J connectivity index is 4.73. The van der Waals surface area contributed by atoms with Crippen molar-refractivity contribution in [1.29, 1.82) is 0 Å². The molecule has 0 aromatic heterocycles. The number of ether oxygens (including phenoxy) is 1. The van der Waals surface area contributed by atoms with Crippen LogP contribution in [0.5, 0.6) is 0 Å². The van der Waals surface area contributed by atoms with E-state index in [1.165, 1.54) is 0 Å². The zero-order valence-electron chi connectivity index (χ0n) is 12.9. The largest absolute Gasteiger partial charge is 0.500 e. The third-order valence-corrected chi connectivity index (χ3v) is 6.78. The molecule has 0 radical (unpaired) electrons. The molecule has 5 nitrogen and oxygen atoms in total. The summed E-state index contributed by atoms with van der Waals surface area (Å²) in [6, 6.07) is 0.639. The van der Waals surface area contributed by atoms with Gasteiger partial charge in [0.15, 0.2) is 0 Å². The highest BCUT2D eigenvalue weighted by Crippen LogP contribution is 2.36. The van der Waals surface area contributed by atoms with Crippen molar-refractivity contribution >= 4 is 30.7 Å². The predicted octanol–water partition coefficient (Wildman–Crippen LogP) is 2.77. The lowest BCUT2D eigenvalue weighted by Gasteiger charge is -2.34. The number of halogens is 1. The van der Waals surface area contributed by atoms with Gasteiger partial charge >= 0.3 is 14.8 Å². The molecule has 0 rings (SSSR count). The third kappa shape index (κ3) is 6.49. The fourth-order valence-electron chi connectivity index (χ4n) is 1.85. The van der Waals surface area contributed by atoms with Crippen molar-refractivity contribution in [2.75, 3.05) is 27.9 Å². The summed E-state index contributed by atoms with van der Waals surface area (Å²) in [5.74, 6) is -0.239. The normalized spacial score (nSPS) is 13.9. The summed E-state index contributed by atoms with van der Waals surface area (Å²) in [5, 5.41) is 0. The van der Waals surface area contributed by atoms with Crippen molar-refractivity contribution in [2.45, 2.75) is 30.6 Å². The van der Waals surface area contributed by atoms with Crippen LogP contribution in [0.2, 0.25) is 6.04 Å². The lowest BCUT2D eigenvalue weighted by Crippen LogP contribution is -2.47. The minimum Gasteiger partial charge on any atom is -0.463 e. The molecule has 0 amide bonds. The Hall–Kier alpha value is -0.213. The van der Waals surface area contributed by atoms with Crippen molar-refractivity contribution < 1.29 is 22.8 Å². The van der Waals surface area contributed by atoms with Crippen LogP contribution in [0.4, 0.5) is 0 Å². The summed E-state index contributed by atoms with van der Waals surface area (Å²) in [6.07, 6.45) is 1.84. The second kappa shape index (κ2) is 8.94. The maximum Gasteiger partial charge on any atom is 0.500 e. The highest BCUT2D eigenvalue weighted by atomic mass is 79.9. The van der Waals surface area contributed by atoms with E-state index in [4.69, 9.17) is 18.0 Å². The van der Waals surface area contributed by atoms with E-state index >= 15 is 0 Å². The summed E-state index contributed by atoms with van der Waals surface area (Å²) < 4.78 is 21.3. The molecule has 0 aliphatic rings. The van der Waals surface area contributed by atoms with Crippen LogP contribution in [0.25, 0.3) is 0 Å². The van der Waals surface area contributed by atoms with Gasteiger partial charge in [-0.15, -0.1) is 0 Å². The van der Waals surface area contributed by atoms with Gasteiger partial charge in [-0.25, -0.2) is 4.79 Å². The number of hydrogen-bond donors (Lipinski definition) is 0. The predicted molar refractivity (Wildman–Crippen MR) is 83.9 cm³/mol. The van der Waals surface area contributed by atoms with E-state index in [2.05, 4.69) is 36.4 Å². The number of carbonyl (C=O) groups excluding carboxylic acids is 1. The number of alkyl halides is 1. The zero-order valence-corrected chi connectivity index (χ0v) is 15.5. The maximum atomic E-state index is 11.1. The van der Waals surface area contributed by atoms with Crippen LogP contribution < -0.4 is 0 Å². The summed E-state index contributed by atoms with van der Waals surface area (Å²) in [5.41, 5.74) is 0. The van der Waals surface area contributed by atoms with E-state index in [0.717, 1.165) is 6.08 Å². The van der Waals surface area contributed by atoms with Gasteiger partial charge in [-0.2, -0.15) is 0 Å². The highest BCUT2D eigenvalue weighted by Gasteiger charge is 2.44. The van der Waals surface area contributed by atoms with Crippen molar-refractivity contribution in [3.63, 3.8) is 0 Å². The molecule has 0 bridgehead atoms. The van der Waals surface area contributed by atoms with Gasteiger partial charge in [0.05, 0.1) is 6.61 Å². The van der Waals surface area contributed by atoms with E-state index in [1.54, 1.807) is 21.3 Å². The van der Waals surface area contributed by atoms with Gasteiger partial charge < -0.3 is 18.0 Å². The second-order valence-electron chi connectivity index (χ2n) is 4.92. The molecule has 20 heavy (non-hydrogen) atoms. The van der Waals surface area contributed by atoms with E-state index in [0.29, 0.717) is 19.1 Å². The monoisotopic (exact) mass is 368 g/mol. The van der Waals surface area contributed by atoms with Gasteiger partial charge in [0.25, 0.3) is 0 Å². The van der Waals surface area contributed by atoms with Crippen LogP contribution in [-0.2, 0) is 22.8 Å². The molecule has 0 aromatic rings. The van der Waals surface area contributed by atoms with Gasteiger partial charge in [-0.05, 0) is 26.2 Å². The molecule has 0 fully saturated rings. The van der Waals surface area contributed by atoms with E-state index in [1.807, 2.05) is 0 Å². The Morgan fingerprint density at radius 3 is 2.15 bits per heavy atom. The Morgan fingerprint density at radius 1 is 1.30 bits per heavy atom. The summed E-state index contributed by atoms with van der Waals surface area (Å²) in [7, 11) is 2.11. The quantitative estimate of drug-likeness (QED) is 0.257. The van der Waals surface area contributed by atoms with E-state index < -0.39 is 14.8 Å². The first kappa shape index (κ1) is 19.8. The van der Waals surface area contributed by atoms with Crippen LogP contribution >= 0.6 is 15.9 Å². The highest BCUT2D eigenvalue weighted by molar-refractivity contribution is 9.10. The van der Waals surface area contributed by atoms with Crippen molar-refractivity contribution in [2.24, 2.45) is 5.92 Å². The lowest BCUT2D eigenvalue weighted by molar-refractivity contribution is -0.138. The van der Waals surface area contributed by atoms with Crippen LogP contribution in [-0.4, -0.2) is 47.0 Å². The molecule has 0 spiro atoms. The van der Waals surface area contributed by atoms with Crippen LogP contribution in [0.15, 0.2) is 12.7 Å². The maximum absolute atomic E-state index is 11.1. The van der Waals surface area contributed by atoms with E-state index in [9.17, 15) is 4.79 Å². The summed E-state index contributed by atoms with van der Waals surface area (Å²) >= 11 is 3.66. The SMILES string of the molecule is C=CC(=O)OCCC(C[Si](OC)(OC)OC)C(C)(C)Br. The van der Waals surface area contributed by atoms with Crippen molar-refractivity contribution in [3.8, 4) is 0 Å². The molecule has 1 atom stereocenters. The minimum absolute atomic E-state index is 0.151. The number of esters is 1. The smallest absolute Gasteiger partial charge is 0.463 e. The van der Waals surface area contributed by atoms with Gasteiger partial charge in [-0.3, -0.25) is 0 Å². The average molecular weight is 369 g/mol. The third-order valence-electron chi connectivity index (χ3n) is 3.28. The first-order valence-electron chi connectivity index (χ1n) is 6.38. The first-order valence-corrected chi connectivity index (χ1v) is 9.10. The molecule has 118 valence electrons. The molecular weight excluding hydrogens is 344 g/mol. The molecule has 0 aliphatic carbocycles. The van der Waals surface area contributed by atoms with Crippen LogP contribution in [0.3, 0.4) is 0 Å². The summed E-state index contributed by atoms with van der Waals surface area (Å²) in [4.78, 5) is 11.1. The number of hydrogen-bond acceptors (Lipinski definition) is 5. The minimum atomic E-state index is -2.67. The van der Waals surface area contributed by atoms with E-state index in [-0.39, 0.29) is 10.2 Å². The number of carbonyl (C=O) groups is 1. The molecular formula is C13H25BrO5Si. The van der Waals surface area contributed by atoms with Gasteiger partial charge in [0.1, 0.15) is 0 Å². The van der Waals surface area contributed by atoms with Crippen molar-refractivity contribution in [1.82, 2.24) is 0 Å². The zero-order chi connectivity index (χ0) is 15.8. The Labute approximate surface area is 131 Å². The lowest BCUT2D eigenvalue weighted by atomic mass is 9.94. The summed E-state index contributed by atoms with van der Waals surface area (Å²) in [6.45, 7) is 7.82. The molecule has 0 aliphatic heterocycles. The first-order chi connectivity index (χ1) is 9.24. The number of rotatable bonds is 10. The standard InChI is InChI=1S/C13H25BrO5Si/c1-7-12(15)19-9-8-11(13(2,3)14)10-20(16-4,17-5)18-6/h7,11H,1,8-10H2,2-6H3. The fourth-order valence-corrected chi connectivity index (χ4v) is 4.86. The van der Waals surface area contributed by atoms with Crippen molar-refractivity contribution in [3.05, 3.63) is 12.7 Å². The topological polar surface area (TPSA) is 54.0 Å². The Kier molecular flexibility index (Phi) is 8.84. The molecule has 0 aromatic carbocycles. The molecule has 0 N–H and O–H groups in total. The second-order valence-corrected chi connectivity index (χ2v) is 9.96. The molecule has 0 saturated carbocycles. The van der Waals surface area contributed by atoms with Gasteiger partial charge in [0, 0.05) is 37.8 Å². The molecule has 7 heteroatoms. The van der Waals surface area contributed by atoms with Crippen LogP contribution in [0, 0.1) is 5.92 Å². The van der Waals surface area contributed by atoms with Gasteiger partial charge in [-0.1, -0.05) is 22.5 Å². The fraction of sp³-hybridized carbons (Fsp3) is 0.769. The molecule has 0 saturated heterocycles. The average Bonchev–Trinajstić information content (AvgIpc) is 2.41. The Bertz CT molecular complexity index is 304.